The van der Waals surface area contributed by atoms with Crippen LogP contribution >= 0.6 is 15.9 Å². The van der Waals surface area contributed by atoms with Crippen LogP contribution < -0.4 is 10.6 Å². The van der Waals surface area contributed by atoms with Gasteiger partial charge in [0.2, 0.25) is 0 Å². The lowest BCUT2D eigenvalue weighted by atomic mass is 10.1. The molecule has 4 heteroatoms. The lowest BCUT2D eigenvalue weighted by Gasteiger charge is -2.25. The number of benzene rings is 1. The lowest BCUT2D eigenvalue weighted by Crippen LogP contribution is -2.20. The summed E-state index contributed by atoms with van der Waals surface area (Å²) in [4.78, 5) is 6.74. The predicted octanol–water partition coefficient (Wildman–Crippen LogP) is 3.90. The standard InChI is InChI=1S/C15H16BrN3/c16-12-9-13(17)15(18-10-12)19-8-4-3-6-11-5-1-2-7-14(11)19/h1-2,5,7,9-10H,3-4,6,8,17H2. The van der Waals surface area contributed by atoms with Gasteiger partial charge in [-0.3, -0.25) is 0 Å². The SMILES string of the molecule is Nc1cc(Br)cnc1N1CCCCc2ccccc21. The zero-order valence-corrected chi connectivity index (χ0v) is 12.2. The summed E-state index contributed by atoms with van der Waals surface area (Å²) in [5.41, 5.74) is 9.46. The fourth-order valence-electron chi connectivity index (χ4n) is 2.58. The monoisotopic (exact) mass is 317 g/mol. The summed E-state index contributed by atoms with van der Waals surface area (Å²) >= 11 is 3.41. The molecule has 0 saturated carbocycles. The van der Waals surface area contributed by atoms with Gasteiger partial charge < -0.3 is 10.6 Å². The molecular weight excluding hydrogens is 302 g/mol. The smallest absolute Gasteiger partial charge is 0.156 e. The van der Waals surface area contributed by atoms with Gasteiger partial charge in [-0.25, -0.2) is 4.98 Å². The number of pyridine rings is 1. The fourth-order valence-corrected chi connectivity index (χ4v) is 2.93. The first-order valence-corrected chi connectivity index (χ1v) is 7.31. The van der Waals surface area contributed by atoms with Crippen molar-refractivity contribution in [3.05, 3.63) is 46.6 Å². The molecule has 2 aromatic rings. The molecule has 0 radical (unpaired) electrons. The number of aryl methyl sites for hydroxylation is 1. The van der Waals surface area contributed by atoms with E-state index < -0.39 is 0 Å². The van der Waals surface area contributed by atoms with Crippen LogP contribution in [0, 0.1) is 0 Å². The molecule has 19 heavy (non-hydrogen) atoms. The van der Waals surface area contributed by atoms with Gasteiger partial charge in [0.05, 0.1) is 5.69 Å². The topological polar surface area (TPSA) is 42.1 Å². The molecule has 0 aliphatic carbocycles. The number of anilines is 3. The van der Waals surface area contributed by atoms with E-state index in [9.17, 15) is 0 Å². The second-order valence-corrected chi connectivity index (χ2v) is 5.72. The number of halogens is 1. The van der Waals surface area contributed by atoms with Crippen molar-refractivity contribution in [2.45, 2.75) is 19.3 Å². The third-order valence-corrected chi connectivity index (χ3v) is 3.91. The number of fused-ring (bicyclic) bond motifs is 1. The Morgan fingerprint density at radius 1 is 1.21 bits per heavy atom. The van der Waals surface area contributed by atoms with Gasteiger partial charge in [-0.15, -0.1) is 0 Å². The van der Waals surface area contributed by atoms with Crippen molar-refractivity contribution >= 4 is 33.1 Å². The Morgan fingerprint density at radius 3 is 2.89 bits per heavy atom. The largest absolute Gasteiger partial charge is 0.396 e. The molecule has 98 valence electrons. The van der Waals surface area contributed by atoms with Gasteiger partial charge in [-0.1, -0.05) is 18.2 Å². The molecule has 0 atom stereocenters. The van der Waals surface area contributed by atoms with Crippen molar-refractivity contribution in [3.63, 3.8) is 0 Å². The minimum Gasteiger partial charge on any atom is -0.396 e. The number of rotatable bonds is 1. The lowest BCUT2D eigenvalue weighted by molar-refractivity contribution is 0.758. The summed E-state index contributed by atoms with van der Waals surface area (Å²) in [7, 11) is 0. The van der Waals surface area contributed by atoms with Crippen LogP contribution in [0.5, 0.6) is 0 Å². The highest BCUT2D eigenvalue weighted by molar-refractivity contribution is 9.10. The highest BCUT2D eigenvalue weighted by atomic mass is 79.9. The van der Waals surface area contributed by atoms with E-state index in [0.717, 1.165) is 29.7 Å². The van der Waals surface area contributed by atoms with Crippen LogP contribution in [0.15, 0.2) is 41.0 Å². The van der Waals surface area contributed by atoms with Crippen molar-refractivity contribution in [1.29, 1.82) is 0 Å². The summed E-state index contributed by atoms with van der Waals surface area (Å²) in [5.74, 6) is 0.859. The van der Waals surface area contributed by atoms with Crippen molar-refractivity contribution < 1.29 is 0 Å². The average molecular weight is 318 g/mol. The van der Waals surface area contributed by atoms with Gasteiger partial charge in [0.15, 0.2) is 5.82 Å². The number of hydrogen-bond donors (Lipinski definition) is 1. The van der Waals surface area contributed by atoms with Crippen LogP contribution in [0.4, 0.5) is 17.2 Å². The van der Waals surface area contributed by atoms with E-state index in [0.29, 0.717) is 5.69 Å². The highest BCUT2D eigenvalue weighted by Crippen LogP contribution is 2.34. The maximum Gasteiger partial charge on any atom is 0.156 e. The maximum atomic E-state index is 6.13. The van der Waals surface area contributed by atoms with E-state index in [1.54, 1.807) is 6.20 Å². The zero-order chi connectivity index (χ0) is 13.2. The predicted molar refractivity (Wildman–Crippen MR) is 82.7 cm³/mol. The van der Waals surface area contributed by atoms with Crippen LogP contribution in [0.25, 0.3) is 0 Å². The van der Waals surface area contributed by atoms with E-state index in [1.807, 2.05) is 6.07 Å². The minimum atomic E-state index is 0.714. The molecule has 0 unspecified atom stereocenters. The second kappa shape index (κ2) is 5.21. The molecule has 1 aromatic carbocycles. The Balaban J connectivity index is 2.09. The second-order valence-electron chi connectivity index (χ2n) is 4.80. The quantitative estimate of drug-likeness (QED) is 0.867. The molecule has 1 aromatic heterocycles. The van der Waals surface area contributed by atoms with Gasteiger partial charge in [0.1, 0.15) is 0 Å². The van der Waals surface area contributed by atoms with Gasteiger partial charge in [-0.05, 0) is 52.9 Å². The van der Waals surface area contributed by atoms with Crippen LogP contribution in [0.2, 0.25) is 0 Å². The number of para-hydroxylation sites is 1. The van der Waals surface area contributed by atoms with Crippen LogP contribution in [0.3, 0.4) is 0 Å². The van der Waals surface area contributed by atoms with Gasteiger partial charge in [0, 0.05) is 22.9 Å². The van der Waals surface area contributed by atoms with Crippen LogP contribution in [-0.2, 0) is 6.42 Å². The van der Waals surface area contributed by atoms with E-state index in [4.69, 9.17) is 5.73 Å². The molecule has 1 aliphatic heterocycles. The average Bonchev–Trinajstić information content (AvgIpc) is 2.61. The van der Waals surface area contributed by atoms with Crippen molar-refractivity contribution in [2.75, 3.05) is 17.2 Å². The number of hydrogen-bond acceptors (Lipinski definition) is 3. The molecule has 3 rings (SSSR count). The van der Waals surface area contributed by atoms with Gasteiger partial charge in [0.25, 0.3) is 0 Å². The van der Waals surface area contributed by atoms with E-state index in [1.165, 1.54) is 17.7 Å². The first-order chi connectivity index (χ1) is 9.25. The third kappa shape index (κ3) is 2.45. The summed E-state index contributed by atoms with van der Waals surface area (Å²) in [6, 6.07) is 10.4. The Kier molecular flexibility index (Phi) is 3.42. The summed E-state index contributed by atoms with van der Waals surface area (Å²) in [6.07, 6.45) is 5.30. The number of nitrogens with two attached hydrogens (primary N) is 1. The number of nitrogen functional groups attached to an aromatic ring is 1. The van der Waals surface area contributed by atoms with Crippen molar-refractivity contribution in [3.8, 4) is 0 Å². The summed E-state index contributed by atoms with van der Waals surface area (Å²) in [6.45, 7) is 0.968. The van der Waals surface area contributed by atoms with Crippen LogP contribution in [0.1, 0.15) is 18.4 Å². The molecule has 1 aliphatic rings. The van der Waals surface area contributed by atoms with E-state index in [2.05, 4.69) is 50.1 Å². The number of nitrogens with zero attached hydrogens (tertiary/aromatic N) is 2. The molecule has 2 N–H and O–H groups in total. The fraction of sp³-hybridized carbons (Fsp3) is 0.267. The minimum absolute atomic E-state index is 0.714. The Morgan fingerprint density at radius 2 is 2.05 bits per heavy atom. The van der Waals surface area contributed by atoms with Gasteiger partial charge >= 0.3 is 0 Å². The van der Waals surface area contributed by atoms with Crippen LogP contribution in [-0.4, -0.2) is 11.5 Å². The molecule has 0 amide bonds. The van der Waals surface area contributed by atoms with Crippen molar-refractivity contribution in [1.82, 2.24) is 4.98 Å². The first-order valence-electron chi connectivity index (χ1n) is 6.52. The van der Waals surface area contributed by atoms with Crippen molar-refractivity contribution in [2.24, 2.45) is 0 Å². The summed E-state index contributed by atoms with van der Waals surface area (Å²) in [5, 5.41) is 0. The third-order valence-electron chi connectivity index (χ3n) is 3.48. The Hall–Kier alpha value is -1.55. The Bertz CT molecular complexity index is 598. The van der Waals surface area contributed by atoms with E-state index >= 15 is 0 Å². The molecule has 3 nitrogen and oxygen atoms in total. The molecule has 0 fully saturated rings. The zero-order valence-electron chi connectivity index (χ0n) is 10.6. The Labute approximate surface area is 121 Å². The number of aromatic nitrogens is 1. The van der Waals surface area contributed by atoms with Gasteiger partial charge in [-0.2, -0.15) is 0 Å². The first kappa shape index (κ1) is 12.5. The molecule has 2 heterocycles. The molecule has 0 saturated heterocycles. The normalized spacial score (nSPS) is 14.9. The molecule has 0 spiro atoms. The highest BCUT2D eigenvalue weighted by Gasteiger charge is 2.19. The van der Waals surface area contributed by atoms with E-state index in [-0.39, 0.29) is 0 Å². The maximum absolute atomic E-state index is 6.13. The summed E-state index contributed by atoms with van der Waals surface area (Å²) < 4.78 is 0.914. The molecule has 0 bridgehead atoms. The molecular formula is C15H16BrN3.